The highest BCUT2D eigenvalue weighted by molar-refractivity contribution is 6.04. The average Bonchev–Trinajstić information content (AvgIpc) is 3.34. The van der Waals surface area contributed by atoms with E-state index in [1.165, 1.54) is 0 Å². The van der Waals surface area contributed by atoms with Crippen LogP contribution in [0.1, 0.15) is 36.0 Å². The predicted molar refractivity (Wildman–Crippen MR) is 121 cm³/mol. The lowest BCUT2D eigenvalue weighted by molar-refractivity contribution is -0.147. The standard InChI is InChI=1S/C24H27N3O6/c28-21(15-32-18-10-2-1-3-11-18)25-14-23(30)33-16-22(29)27-20-13-7-6-12-19(20)24(31)26-17-8-4-5-9-17/h1-3,6-7,10-13,17H,4-5,8-9,14-16H2,(H,25,28)(H,26,31)(H,27,29). The van der Waals surface area contributed by atoms with E-state index in [-0.39, 0.29) is 18.6 Å². The third kappa shape index (κ3) is 7.95. The van der Waals surface area contributed by atoms with Gasteiger partial charge in [-0.25, -0.2) is 0 Å². The molecular formula is C24H27N3O6. The Balaban J connectivity index is 1.38. The van der Waals surface area contributed by atoms with Crippen LogP contribution in [0.2, 0.25) is 0 Å². The van der Waals surface area contributed by atoms with Crippen LogP contribution in [0.15, 0.2) is 54.6 Å². The number of esters is 1. The number of ether oxygens (including phenoxy) is 2. The number of para-hydroxylation sites is 2. The van der Waals surface area contributed by atoms with E-state index in [1.54, 1.807) is 48.5 Å². The molecule has 3 N–H and O–H groups in total. The van der Waals surface area contributed by atoms with Crippen LogP contribution in [0, 0.1) is 0 Å². The predicted octanol–water partition coefficient (Wildman–Crippen LogP) is 2.04. The number of nitrogens with one attached hydrogen (secondary N) is 3. The number of hydrogen-bond acceptors (Lipinski definition) is 6. The number of amides is 3. The van der Waals surface area contributed by atoms with Gasteiger partial charge in [0.2, 0.25) is 0 Å². The molecule has 2 aromatic rings. The maximum atomic E-state index is 12.6. The molecule has 9 nitrogen and oxygen atoms in total. The number of carbonyl (C=O) groups excluding carboxylic acids is 4. The molecule has 0 aliphatic heterocycles. The van der Waals surface area contributed by atoms with E-state index in [9.17, 15) is 19.2 Å². The largest absolute Gasteiger partial charge is 0.484 e. The number of rotatable bonds is 10. The van der Waals surface area contributed by atoms with Gasteiger partial charge in [0.1, 0.15) is 12.3 Å². The molecule has 0 atom stereocenters. The van der Waals surface area contributed by atoms with Crippen molar-refractivity contribution in [3.8, 4) is 5.75 Å². The van der Waals surface area contributed by atoms with Crippen LogP contribution in [-0.2, 0) is 19.1 Å². The van der Waals surface area contributed by atoms with Crippen LogP contribution < -0.4 is 20.7 Å². The lowest BCUT2D eigenvalue weighted by Crippen LogP contribution is -2.35. The van der Waals surface area contributed by atoms with Crippen LogP contribution in [0.5, 0.6) is 5.75 Å². The first kappa shape index (κ1) is 23.8. The Hall–Kier alpha value is -3.88. The van der Waals surface area contributed by atoms with E-state index in [1.807, 2.05) is 6.07 Å². The van der Waals surface area contributed by atoms with E-state index in [0.29, 0.717) is 17.0 Å². The fourth-order valence-corrected chi connectivity index (χ4v) is 3.39. The summed E-state index contributed by atoms with van der Waals surface area (Å²) >= 11 is 0. The highest BCUT2D eigenvalue weighted by Gasteiger charge is 2.20. The van der Waals surface area contributed by atoms with Crippen molar-refractivity contribution in [2.45, 2.75) is 31.7 Å². The fourth-order valence-electron chi connectivity index (χ4n) is 3.39. The van der Waals surface area contributed by atoms with E-state index in [4.69, 9.17) is 9.47 Å². The van der Waals surface area contributed by atoms with Gasteiger partial charge in [-0.2, -0.15) is 0 Å². The molecule has 1 fully saturated rings. The number of anilines is 1. The van der Waals surface area contributed by atoms with E-state index >= 15 is 0 Å². The summed E-state index contributed by atoms with van der Waals surface area (Å²) in [5.74, 6) is -1.59. The average molecular weight is 453 g/mol. The monoisotopic (exact) mass is 453 g/mol. The summed E-state index contributed by atoms with van der Waals surface area (Å²) in [5.41, 5.74) is 0.676. The fraction of sp³-hybridized carbons (Fsp3) is 0.333. The van der Waals surface area contributed by atoms with E-state index in [0.717, 1.165) is 25.7 Å². The van der Waals surface area contributed by atoms with Gasteiger partial charge in [-0.1, -0.05) is 43.2 Å². The second kappa shape index (κ2) is 12.2. The molecule has 0 saturated heterocycles. The summed E-state index contributed by atoms with van der Waals surface area (Å²) in [7, 11) is 0. The molecule has 174 valence electrons. The Morgan fingerprint density at radius 1 is 0.848 bits per heavy atom. The van der Waals surface area contributed by atoms with Gasteiger partial charge in [0.25, 0.3) is 17.7 Å². The molecule has 1 aliphatic rings. The zero-order chi connectivity index (χ0) is 23.5. The van der Waals surface area contributed by atoms with Gasteiger partial charge >= 0.3 is 5.97 Å². The summed E-state index contributed by atoms with van der Waals surface area (Å²) in [6, 6.07) is 15.6. The summed E-state index contributed by atoms with van der Waals surface area (Å²) in [5, 5.41) is 7.93. The Labute approximate surface area is 191 Å². The first-order valence-corrected chi connectivity index (χ1v) is 10.8. The molecule has 2 aromatic carbocycles. The molecule has 3 rings (SSSR count). The second-order valence-electron chi connectivity index (χ2n) is 7.59. The van der Waals surface area contributed by atoms with Crippen LogP contribution in [0.3, 0.4) is 0 Å². The summed E-state index contributed by atoms with van der Waals surface area (Å²) in [4.78, 5) is 48.4. The normalized spacial score (nSPS) is 13.1. The first-order valence-electron chi connectivity index (χ1n) is 10.8. The maximum Gasteiger partial charge on any atom is 0.325 e. The third-order valence-corrected chi connectivity index (χ3v) is 5.04. The molecule has 3 amide bonds. The SMILES string of the molecule is O=C(COc1ccccc1)NCC(=O)OCC(=O)Nc1ccccc1C(=O)NC1CCCC1. The Kier molecular flexibility index (Phi) is 8.81. The zero-order valence-corrected chi connectivity index (χ0v) is 18.2. The molecular weight excluding hydrogens is 426 g/mol. The third-order valence-electron chi connectivity index (χ3n) is 5.04. The Bertz CT molecular complexity index is 973. The summed E-state index contributed by atoms with van der Waals surface area (Å²) in [6.07, 6.45) is 4.08. The summed E-state index contributed by atoms with van der Waals surface area (Å²) < 4.78 is 10.2. The maximum absolute atomic E-state index is 12.6. The molecule has 33 heavy (non-hydrogen) atoms. The number of hydrogen-bond donors (Lipinski definition) is 3. The minimum Gasteiger partial charge on any atom is -0.484 e. The van der Waals surface area contributed by atoms with Gasteiger partial charge in [0.15, 0.2) is 13.2 Å². The quantitative estimate of drug-likeness (QED) is 0.473. The molecule has 1 saturated carbocycles. The highest BCUT2D eigenvalue weighted by Crippen LogP contribution is 2.20. The van der Waals surface area contributed by atoms with Crippen LogP contribution in [0.25, 0.3) is 0 Å². The van der Waals surface area contributed by atoms with Gasteiger partial charge in [-0.15, -0.1) is 0 Å². The van der Waals surface area contributed by atoms with Gasteiger partial charge in [0, 0.05) is 6.04 Å². The molecule has 0 aromatic heterocycles. The molecule has 0 unspecified atom stereocenters. The lowest BCUT2D eigenvalue weighted by Gasteiger charge is -2.15. The lowest BCUT2D eigenvalue weighted by atomic mass is 10.1. The van der Waals surface area contributed by atoms with Crippen molar-refractivity contribution in [3.63, 3.8) is 0 Å². The van der Waals surface area contributed by atoms with Crippen molar-refractivity contribution >= 4 is 29.4 Å². The van der Waals surface area contributed by atoms with Crippen molar-refractivity contribution in [3.05, 3.63) is 60.2 Å². The minimum atomic E-state index is -0.773. The smallest absolute Gasteiger partial charge is 0.325 e. The molecule has 9 heteroatoms. The Morgan fingerprint density at radius 3 is 2.30 bits per heavy atom. The second-order valence-corrected chi connectivity index (χ2v) is 7.59. The minimum absolute atomic E-state index is 0.149. The van der Waals surface area contributed by atoms with Gasteiger partial charge in [-0.05, 0) is 37.1 Å². The molecule has 0 heterocycles. The van der Waals surface area contributed by atoms with Crippen molar-refractivity contribution in [2.24, 2.45) is 0 Å². The van der Waals surface area contributed by atoms with Gasteiger partial charge in [-0.3, -0.25) is 19.2 Å². The van der Waals surface area contributed by atoms with Crippen molar-refractivity contribution in [2.75, 3.05) is 25.1 Å². The summed E-state index contributed by atoms with van der Waals surface area (Å²) in [6.45, 7) is -1.20. The topological polar surface area (TPSA) is 123 Å². The van der Waals surface area contributed by atoms with E-state index < -0.39 is 30.9 Å². The van der Waals surface area contributed by atoms with Crippen LogP contribution in [0.4, 0.5) is 5.69 Å². The van der Waals surface area contributed by atoms with Crippen molar-refractivity contribution < 1.29 is 28.7 Å². The van der Waals surface area contributed by atoms with E-state index in [2.05, 4.69) is 16.0 Å². The molecule has 0 radical (unpaired) electrons. The van der Waals surface area contributed by atoms with Crippen molar-refractivity contribution in [1.82, 2.24) is 10.6 Å². The molecule has 1 aliphatic carbocycles. The first-order chi connectivity index (χ1) is 16.0. The van der Waals surface area contributed by atoms with Crippen molar-refractivity contribution in [1.29, 1.82) is 0 Å². The van der Waals surface area contributed by atoms with Gasteiger partial charge < -0.3 is 25.4 Å². The van der Waals surface area contributed by atoms with Gasteiger partial charge in [0.05, 0.1) is 11.3 Å². The highest BCUT2D eigenvalue weighted by atomic mass is 16.5. The molecule has 0 spiro atoms. The zero-order valence-electron chi connectivity index (χ0n) is 18.2. The number of carbonyl (C=O) groups is 4. The molecule has 0 bridgehead atoms. The van der Waals surface area contributed by atoms with Crippen LogP contribution in [-0.4, -0.2) is 49.5 Å². The Morgan fingerprint density at radius 2 is 1.55 bits per heavy atom. The van der Waals surface area contributed by atoms with Crippen LogP contribution >= 0.6 is 0 Å². The number of benzene rings is 2.